The fourth-order valence-corrected chi connectivity index (χ4v) is 2.12. The van der Waals surface area contributed by atoms with Crippen molar-refractivity contribution in [1.82, 2.24) is 9.91 Å². The fourth-order valence-electron chi connectivity index (χ4n) is 2.12. The third-order valence-electron chi connectivity index (χ3n) is 2.40. The van der Waals surface area contributed by atoms with E-state index >= 15 is 0 Å². The second-order valence-electron chi connectivity index (χ2n) is 5.63. The summed E-state index contributed by atoms with van der Waals surface area (Å²) in [5.74, 6) is 0.679. The summed E-state index contributed by atoms with van der Waals surface area (Å²) in [7, 11) is 2.05. The molecule has 0 saturated heterocycles. The number of rotatable bonds is 2. The molecule has 1 unspecified atom stereocenters. The number of hydrazone groups is 1. The van der Waals surface area contributed by atoms with E-state index in [9.17, 15) is 0 Å². The standard InChI is InChI=1S/C11H23N3/c1-9(2)7-14-8-12-13(6)10(14)11(3,4)5/h8-10H,7H2,1-6H3. The maximum atomic E-state index is 4.35. The molecule has 0 amide bonds. The van der Waals surface area contributed by atoms with Gasteiger partial charge in [-0.05, 0) is 5.92 Å². The van der Waals surface area contributed by atoms with Crippen LogP contribution in [0, 0.1) is 11.3 Å². The van der Waals surface area contributed by atoms with Gasteiger partial charge in [0.15, 0.2) is 0 Å². The van der Waals surface area contributed by atoms with E-state index in [0.717, 1.165) is 6.54 Å². The average molecular weight is 197 g/mol. The van der Waals surface area contributed by atoms with Crippen LogP contribution in [0.15, 0.2) is 5.10 Å². The Kier molecular flexibility index (Phi) is 3.07. The lowest BCUT2D eigenvalue weighted by Crippen LogP contribution is -2.48. The van der Waals surface area contributed by atoms with E-state index in [1.54, 1.807) is 0 Å². The minimum atomic E-state index is 0.236. The number of hydrogen-bond donors (Lipinski definition) is 0. The SMILES string of the molecule is CC(C)CN1C=NN(C)C1C(C)(C)C. The summed E-state index contributed by atoms with van der Waals surface area (Å²) < 4.78 is 0. The first-order valence-electron chi connectivity index (χ1n) is 5.35. The lowest BCUT2D eigenvalue weighted by molar-refractivity contribution is 0.0501. The predicted molar refractivity (Wildman–Crippen MR) is 61.0 cm³/mol. The molecule has 0 saturated carbocycles. The van der Waals surface area contributed by atoms with Crippen molar-refractivity contribution >= 4 is 6.34 Å². The van der Waals surface area contributed by atoms with Gasteiger partial charge in [-0.25, -0.2) is 0 Å². The van der Waals surface area contributed by atoms with Gasteiger partial charge in [0, 0.05) is 19.0 Å². The molecule has 14 heavy (non-hydrogen) atoms. The average Bonchev–Trinajstić information content (AvgIpc) is 2.28. The summed E-state index contributed by atoms with van der Waals surface area (Å²) in [6.07, 6.45) is 2.36. The van der Waals surface area contributed by atoms with Gasteiger partial charge >= 0.3 is 0 Å². The van der Waals surface area contributed by atoms with Crippen LogP contribution in [0.3, 0.4) is 0 Å². The molecule has 1 heterocycles. The molecular weight excluding hydrogens is 174 g/mol. The molecule has 1 rings (SSSR count). The highest BCUT2D eigenvalue weighted by Gasteiger charge is 2.35. The predicted octanol–water partition coefficient (Wildman–Crippen LogP) is 2.21. The van der Waals surface area contributed by atoms with Gasteiger partial charge in [0.2, 0.25) is 0 Å². The number of nitrogens with zero attached hydrogens (tertiary/aromatic N) is 3. The molecule has 0 spiro atoms. The molecule has 82 valence electrons. The summed E-state index contributed by atoms with van der Waals surface area (Å²) in [4.78, 5) is 2.34. The van der Waals surface area contributed by atoms with Gasteiger partial charge in [0.1, 0.15) is 12.5 Å². The highest BCUT2D eigenvalue weighted by atomic mass is 15.6. The molecule has 0 N–H and O–H groups in total. The fraction of sp³-hybridized carbons (Fsp3) is 0.909. The maximum absolute atomic E-state index is 4.35. The van der Waals surface area contributed by atoms with Crippen LogP contribution in [0.4, 0.5) is 0 Å². The quantitative estimate of drug-likeness (QED) is 0.676. The number of hydrogen-bond acceptors (Lipinski definition) is 3. The van der Waals surface area contributed by atoms with Crippen LogP contribution < -0.4 is 0 Å². The van der Waals surface area contributed by atoms with E-state index in [1.807, 2.05) is 13.4 Å². The summed E-state index contributed by atoms with van der Waals surface area (Å²) in [6, 6.07) is 0. The van der Waals surface area contributed by atoms with Crippen molar-refractivity contribution in [3.8, 4) is 0 Å². The van der Waals surface area contributed by atoms with E-state index in [2.05, 4.69) is 49.6 Å². The van der Waals surface area contributed by atoms with Crippen molar-refractivity contribution in [2.75, 3.05) is 13.6 Å². The van der Waals surface area contributed by atoms with E-state index in [1.165, 1.54) is 0 Å². The lowest BCUT2D eigenvalue weighted by Gasteiger charge is -2.38. The van der Waals surface area contributed by atoms with Crippen molar-refractivity contribution < 1.29 is 0 Å². The first-order chi connectivity index (χ1) is 6.32. The van der Waals surface area contributed by atoms with Crippen LogP contribution >= 0.6 is 0 Å². The zero-order chi connectivity index (χ0) is 10.9. The van der Waals surface area contributed by atoms with E-state index in [-0.39, 0.29) is 5.41 Å². The van der Waals surface area contributed by atoms with Gasteiger partial charge in [-0.3, -0.25) is 5.01 Å². The Labute approximate surface area is 87.8 Å². The van der Waals surface area contributed by atoms with Crippen LogP contribution in [0.5, 0.6) is 0 Å². The van der Waals surface area contributed by atoms with Crippen LogP contribution in [0.1, 0.15) is 34.6 Å². The van der Waals surface area contributed by atoms with Gasteiger partial charge in [-0.2, -0.15) is 5.10 Å². The normalized spacial score (nSPS) is 22.6. The first-order valence-corrected chi connectivity index (χ1v) is 5.35. The van der Waals surface area contributed by atoms with Crippen molar-refractivity contribution in [2.45, 2.75) is 40.8 Å². The van der Waals surface area contributed by atoms with Gasteiger partial charge < -0.3 is 4.90 Å². The minimum absolute atomic E-state index is 0.236. The Balaban J connectivity index is 2.71. The molecule has 0 aromatic rings. The van der Waals surface area contributed by atoms with Gasteiger partial charge in [0.25, 0.3) is 0 Å². The molecule has 0 fully saturated rings. The topological polar surface area (TPSA) is 18.8 Å². The molecule has 3 heteroatoms. The molecule has 0 radical (unpaired) electrons. The Hall–Kier alpha value is -0.730. The molecule has 0 bridgehead atoms. The summed E-state index contributed by atoms with van der Waals surface area (Å²) in [5.41, 5.74) is 0.236. The van der Waals surface area contributed by atoms with Crippen LogP contribution in [0.2, 0.25) is 0 Å². The second-order valence-corrected chi connectivity index (χ2v) is 5.63. The van der Waals surface area contributed by atoms with Crippen LogP contribution in [0.25, 0.3) is 0 Å². The zero-order valence-electron chi connectivity index (χ0n) is 10.3. The van der Waals surface area contributed by atoms with E-state index < -0.39 is 0 Å². The van der Waals surface area contributed by atoms with Crippen molar-refractivity contribution in [1.29, 1.82) is 0 Å². The van der Waals surface area contributed by atoms with Crippen LogP contribution in [-0.4, -0.2) is 36.0 Å². The summed E-state index contributed by atoms with van der Waals surface area (Å²) in [6.45, 7) is 12.3. The molecule has 0 aromatic heterocycles. The smallest absolute Gasteiger partial charge is 0.123 e. The van der Waals surface area contributed by atoms with Crippen LogP contribution in [-0.2, 0) is 0 Å². The van der Waals surface area contributed by atoms with Crippen molar-refractivity contribution in [3.63, 3.8) is 0 Å². The first kappa shape index (κ1) is 11.3. The Morgan fingerprint density at radius 3 is 2.36 bits per heavy atom. The molecule has 3 nitrogen and oxygen atoms in total. The maximum Gasteiger partial charge on any atom is 0.123 e. The zero-order valence-corrected chi connectivity index (χ0v) is 10.3. The van der Waals surface area contributed by atoms with E-state index in [4.69, 9.17) is 0 Å². The molecule has 0 aliphatic carbocycles. The summed E-state index contributed by atoms with van der Waals surface area (Å²) in [5, 5.41) is 6.41. The summed E-state index contributed by atoms with van der Waals surface area (Å²) >= 11 is 0. The Morgan fingerprint density at radius 2 is 1.93 bits per heavy atom. The molecular formula is C11H23N3. The molecule has 1 aliphatic rings. The monoisotopic (exact) mass is 197 g/mol. The molecule has 1 atom stereocenters. The highest BCUT2D eigenvalue weighted by molar-refractivity contribution is 5.57. The molecule has 1 aliphatic heterocycles. The minimum Gasteiger partial charge on any atom is -0.339 e. The third-order valence-corrected chi connectivity index (χ3v) is 2.40. The van der Waals surface area contributed by atoms with E-state index in [0.29, 0.717) is 12.1 Å². The van der Waals surface area contributed by atoms with Crippen molar-refractivity contribution in [3.05, 3.63) is 0 Å². The highest BCUT2D eigenvalue weighted by Crippen LogP contribution is 2.29. The van der Waals surface area contributed by atoms with Gasteiger partial charge in [0.05, 0.1) is 0 Å². The van der Waals surface area contributed by atoms with Gasteiger partial charge in [-0.15, -0.1) is 0 Å². The van der Waals surface area contributed by atoms with Crippen molar-refractivity contribution in [2.24, 2.45) is 16.4 Å². The largest absolute Gasteiger partial charge is 0.339 e. The Morgan fingerprint density at radius 1 is 1.36 bits per heavy atom. The Bertz CT molecular complexity index is 215. The third kappa shape index (κ3) is 2.40. The lowest BCUT2D eigenvalue weighted by atomic mass is 9.91. The molecule has 0 aromatic carbocycles. The van der Waals surface area contributed by atoms with Gasteiger partial charge in [-0.1, -0.05) is 34.6 Å². The second kappa shape index (κ2) is 3.79.